The van der Waals surface area contributed by atoms with Crippen molar-refractivity contribution in [2.24, 2.45) is 0 Å². The Morgan fingerprint density at radius 2 is 2.25 bits per heavy atom. The molecule has 1 aliphatic rings. The Labute approximate surface area is 134 Å². The van der Waals surface area contributed by atoms with Crippen LogP contribution in [0.4, 0.5) is 10.1 Å². The van der Waals surface area contributed by atoms with Gasteiger partial charge in [-0.2, -0.15) is 0 Å². The van der Waals surface area contributed by atoms with Crippen LogP contribution < -0.4 is 5.32 Å². The van der Waals surface area contributed by atoms with Crippen molar-refractivity contribution in [1.82, 2.24) is 0 Å². The fraction of sp³-hybridized carbons (Fsp3) is 0.267. The van der Waals surface area contributed by atoms with Gasteiger partial charge in [-0.25, -0.2) is 4.39 Å². The van der Waals surface area contributed by atoms with E-state index in [1.54, 1.807) is 17.4 Å². The molecule has 0 fully saturated rings. The molecule has 2 aromatic rings. The first-order valence-electron chi connectivity index (χ1n) is 6.47. The van der Waals surface area contributed by atoms with Gasteiger partial charge in [0.05, 0.1) is 11.6 Å². The Hall–Kier alpha value is -0.950. The Morgan fingerprint density at radius 3 is 3.05 bits per heavy atom. The molecule has 2 nitrogen and oxygen atoms in total. The molecule has 0 bridgehead atoms. The monoisotopic (exact) mass is 401 g/mol. The van der Waals surface area contributed by atoms with Gasteiger partial charge in [-0.15, -0.1) is 11.3 Å². The number of hydrogen-bond donors (Lipinski definition) is 1. The Kier molecular flexibility index (Phi) is 4.07. The van der Waals surface area contributed by atoms with Gasteiger partial charge in [0.1, 0.15) is 5.82 Å². The number of thiophene rings is 1. The fourth-order valence-electron chi connectivity index (χ4n) is 2.57. The van der Waals surface area contributed by atoms with Crippen LogP contribution in [-0.2, 0) is 11.2 Å². The highest BCUT2D eigenvalue weighted by molar-refractivity contribution is 14.1. The topological polar surface area (TPSA) is 29.1 Å². The molecule has 1 N–H and O–H groups in total. The summed E-state index contributed by atoms with van der Waals surface area (Å²) >= 11 is 3.76. The number of anilines is 1. The SMILES string of the molecule is O=C(Nc1ccc(F)cc1I)C1CCCc2sccc21. The van der Waals surface area contributed by atoms with Crippen molar-refractivity contribution in [3.63, 3.8) is 0 Å². The highest BCUT2D eigenvalue weighted by atomic mass is 127. The number of carbonyl (C=O) groups is 1. The largest absolute Gasteiger partial charge is 0.325 e. The van der Waals surface area contributed by atoms with Gasteiger partial charge < -0.3 is 5.32 Å². The van der Waals surface area contributed by atoms with Gasteiger partial charge in [0, 0.05) is 8.45 Å². The molecule has 1 aromatic heterocycles. The lowest BCUT2D eigenvalue weighted by Gasteiger charge is -2.22. The number of benzene rings is 1. The van der Waals surface area contributed by atoms with Crippen molar-refractivity contribution < 1.29 is 9.18 Å². The lowest BCUT2D eigenvalue weighted by Crippen LogP contribution is -2.24. The Morgan fingerprint density at radius 1 is 1.40 bits per heavy atom. The van der Waals surface area contributed by atoms with Crippen LogP contribution in [0.3, 0.4) is 0 Å². The van der Waals surface area contributed by atoms with Crippen LogP contribution >= 0.6 is 33.9 Å². The predicted molar refractivity (Wildman–Crippen MR) is 87.7 cm³/mol. The van der Waals surface area contributed by atoms with E-state index in [1.807, 2.05) is 22.6 Å². The van der Waals surface area contributed by atoms with Gasteiger partial charge in [0.2, 0.25) is 5.91 Å². The van der Waals surface area contributed by atoms with Crippen LogP contribution in [0.2, 0.25) is 0 Å². The summed E-state index contributed by atoms with van der Waals surface area (Å²) in [5, 5.41) is 4.98. The number of aryl methyl sites for hydroxylation is 1. The number of nitrogens with one attached hydrogen (secondary N) is 1. The van der Waals surface area contributed by atoms with Gasteiger partial charge in [-0.05, 0) is 77.1 Å². The molecule has 20 heavy (non-hydrogen) atoms. The Balaban J connectivity index is 1.81. The summed E-state index contributed by atoms with van der Waals surface area (Å²) in [5.41, 5.74) is 1.84. The fourth-order valence-corrected chi connectivity index (χ4v) is 4.17. The smallest absolute Gasteiger partial charge is 0.231 e. The molecule has 1 aliphatic carbocycles. The Bertz CT molecular complexity index is 655. The minimum absolute atomic E-state index is 0.00822. The van der Waals surface area contributed by atoms with E-state index in [0.717, 1.165) is 28.4 Å². The van der Waals surface area contributed by atoms with Crippen LogP contribution in [0.1, 0.15) is 29.2 Å². The highest BCUT2D eigenvalue weighted by Crippen LogP contribution is 2.35. The average molecular weight is 401 g/mol. The highest BCUT2D eigenvalue weighted by Gasteiger charge is 2.27. The van der Waals surface area contributed by atoms with Gasteiger partial charge in [-0.1, -0.05) is 0 Å². The van der Waals surface area contributed by atoms with Crippen molar-refractivity contribution in [3.8, 4) is 0 Å². The van der Waals surface area contributed by atoms with Crippen LogP contribution in [0.25, 0.3) is 0 Å². The van der Waals surface area contributed by atoms with Gasteiger partial charge in [-0.3, -0.25) is 4.79 Å². The molecule has 0 aliphatic heterocycles. The summed E-state index contributed by atoms with van der Waals surface area (Å²) in [6, 6.07) is 6.47. The van der Waals surface area contributed by atoms with Crippen LogP contribution in [0.5, 0.6) is 0 Å². The van der Waals surface area contributed by atoms with Crippen LogP contribution in [0.15, 0.2) is 29.6 Å². The molecule has 1 unspecified atom stereocenters. The number of amides is 1. The third-order valence-corrected chi connectivity index (χ3v) is 5.45. The zero-order valence-electron chi connectivity index (χ0n) is 10.7. The van der Waals surface area contributed by atoms with Crippen molar-refractivity contribution >= 4 is 45.5 Å². The maximum absolute atomic E-state index is 13.1. The molecule has 1 amide bonds. The summed E-state index contributed by atoms with van der Waals surface area (Å²) in [6.07, 6.45) is 3.00. The lowest BCUT2D eigenvalue weighted by molar-refractivity contribution is -0.117. The second-order valence-corrected chi connectivity index (χ2v) is 7.02. The van der Waals surface area contributed by atoms with Gasteiger partial charge in [0.25, 0.3) is 0 Å². The quantitative estimate of drug-likeness (QED) is 0.736. The second kappa shape index (κ2) is 5.81. The van der Waals surface area contributed by atoms with Crippen molar-refractivity contribution in [2.75, 3.05) is 5.32 Å². The van der Waals surface area contributed by atoms with E-state index >= 15 is 0 Å². The molecule has 5 heteroatoms. The molecule has 0 radical (unpaired) electrons. The zero-order chi connectivity index (χ0) is 14.1. The van der Waals surface area contributed by atoms with Crippen LogP contribution in [-0.4, -0.2) is 5.91 Å². The maximum Gasteiger partial charge on any atom is 0.231 e. The summed E-state index contributed by atoms with van der Waals surface area (Å²) in [4.78, 5) is 13.8. The molecule has 104 valence electrons. The minimum atomic E-state index is -0.287. The normalized spacial score (nSPS) is 17.6. The lowest BCUT2D eigenvalue weighted by atomic mass is 9.87. The summed E-state index contributed by atoms with van der Waals surface area (Å²) in [7, 11) is 0. The van der Waals surface area contributed by atoms with Crippen molar-refractivity contribution in [1.29, 1.82) is 0 Å². The first-order valence-corrected chi connectivity index (χ1v) is 8.43. The minimum Gasteiger partial charge on any atom is -0.325 e. The predicted octanol–water partition coefficient (Wildman–Crippen LogP) is 4.55. The number of fused-ring (bicyclic) bond motifs is 1. The first-order chi connectivity index (χ1) is 9.65. The van der Waals surface area contributed by atoms with E-state index in [1.165, 1.54) is 17.0 Å². The molecule has 1 aromatic carbocycles. The van der Waals surface area contributed by atoms with E-state index in [4.69, 9.17) is 0 Å². The van der Waals surface area contributed by atoms with E-state index < -0.39 is 0 Å². The summed E-state index contributed by atoms with van der Waals surface area (Å²) < 4.78 is 13.8. The summed E-state index contributed by atoms with van der Waals surface area (Å²) in [5.74, 6) is -0.357. The molecular weight excluding hydrogens is 388 g/mol. The standard InChI is InChI=1S/C15H13FINOS/c16-9-4-5-13(12(17)8-9)18-15(19)11-2-1-3-14-10(11)6-7-20-14/h4-8,11H,1-3H2,(H,18,19). The second-order valence-electron chi connectivity index (χ2n) is 4.86. The maximum atomic E-state index is 13.1. The average Bonchev–Trinajstić information content (AvgIpc) is 2.90. The number of hydrogen-bond acceptors (Lipinski definition) is 2. The third kappa shape index (κ3) is 2.74. The van der Waals surface area contributed by atoms with E-state index in [2.05, 4.69) is 16.8 Å². The molecule has 3 rings (SSSR count). The number of carbonyl (C=O) groups excluding carboxylic acids is 1. The number of rotatable bonds is 2. The van der Waals surface area contributed by atoms with Crippen molar-refractivity contribution in [3.05, 3.63) is 49.5 Å². The third-order valence-electron chi connectivity index (χ3n) is 3.56. The van der Waals surface area contributed by atoms with Gasteiger partial charge >= 0.3 is 0 Å². The van der Waals surface area contributed by atoms with E-state index in [0.29, 0.717) is 5.69 Å². The van der Waals surface area contributed by atoms with Crippen LogP contribution in [0, 0.1) is 9.39 Å². The molecule has 0 spiro atoms. The molecule has 1 atom stereocenters. The summed E-state index contributed by atoms with van der Waals surface area (Å²) in [6.45, 7) is 0. The first kappa shape index (κ1) is 14.0. The molecular formula is C15H13FINOS. The zero-order valence-corrected chi connectivity index (χ0v) is 13.6. The molecule has 0 saturated heterocycles. The molecule has 1 heterocycles. The van der Waals surface area contributed by atoms with Crippen molar-refractivity contribution in [2.45, 2.75) is 25.2 Å². The van der Waals surface area contributed by atoms with E-state index in [9.17, 15) is 9.18 Å². The number of halogens is 2. The van der Waals surface area contributed by atoms with Gasteiger partial charge in [0.15, 0.2) is 0 Å². The van der Waals surface area contributed by atoms with E-state index in [-0.39, 0.29) is 17.6 Å². The molecule has 0 saturated carbocycles.